The quantitative estimate of drug-likeness (QED) is 0.134. The predicted molar refractivity (Wildman–Crippen MR) is 190 cm³/mol. The van der Waals surface area contributed by atoms with E-state index in [0.29, 0.717) is 22.3 Å². The zero-order chi connectivity index (χ0) is 31.6. The summed E-state index contributed by atoms with van der Waals surface area (Å²) in [6.07, 6.45) is 8.69. The van der Waals surface area contributed by atoms with Crippen molar-refractivity contribution < 1.29 is 23.9 Å². The lowest BCUT2D eigenvalue weighted by Gasteiger charge is -2.40. The van der Waals surface area contributed by atoms with Crippen LogP contribution in [0.15, 0.2) is 71.8 Å². The maximum Gasteiger partial charge on any atom is 0.197 e. The van der Waals surface area contributed by atoms with Crippen molar-refractivity contribution in [3.05, 3.63) is 109 Å². The zero-order valence-electron chi connectivity index (χ0n) is 24.6. The fourth-order valence-electron chi connectivity index (χ4n) is 7.56. The fourth-order valence-corrected chi connectivity index (χ4v) is 12.9. The third-order valence-electron chi connectivity index (χ3n) is 9.73. The minimum atomic E-state index is -0.445. The van der Waals surface area contributed by atoms with Crippen molar-refractivity contribution in [2.75, 3.05) is 0 Å². The Labute approximate surface area is 284 Å². The van der Waals surface area contributed by atoms with Crippen LogP contribution in [0, 0.1) is 0 Å². The standard InChI is InChI=1S/C38H22O5S4/c39-29-20-8-2-3-9-21(20)30(40)24(29)14-18-16-26-34(44-18)28-36(46-26)37-33(43-38(28)12-6-1-7-13-38)35-27(47-37)17-19(45-35)15-25-31(41)22-10-4-5-11-23(22)32(25)42/h2-5,8-11,14-17H,1,6-7,12-13H2. The van der Waals surface area contributed by atoms with Gasteiger partial charge in [-0.3, -0.25) is 19.2 Å². The first-order valence-corrected chi connectivity index (χ1v) is 18.8. The average Bonchev–Trinajstić information content (AvgIpc) is 3.91. The van der Waals surface area contributed by atoms with Crippen LogP contribution in [-0.2, 0) is 5.60 Å². The topological polar surface area (TPSA) is 77.5 Å². The highest BCUT2D eigenvalue weighted by atomic mass is 32.1. The summed E-state index contributed by atoms with van der Waals surface area (Å²) >= 11 is 6.68. The number of carbonyl (C=O) groups is 4. The smallest absolute Gasteiger partial charge is 0.197 e. The molecule has 0 atom stereocenters. The van der Waals surface area contributed by atoms with Gasteiger partial charge in [-0.15, -0.1) is 45.3 Å². The van der Waals surface area contributed by atoms with Crippen LogP contribution in [-0.4, -0.2) is 23.1 Å². The summed E-state index contributed by atoms with van der Waals surface area (Å²) in [5.74, 6) is 0.0668. The largest absolute Gasteiger partial charge is 0.479 e. The van der Waals surface area contributed by atoms with Gasteiger partial charge in [0.25, 0.3) is 0 Å². The summed E-state index contributed by atoms with van der Waals surface area (Å²) in [6, 6.07) is 18.2. The molecule has 10 rings (SSSR count). The van der Waals surface area contributed by atoms with E-state index in [0.717, 1.165) is 60.2 Å². The second-order valence-electron chi connectivity index (χ2n) is 12.4. The Morgan fingerprint density at radius 3 is 1.57 bits per heavy atom. The number of hydrogen-bond donors (Lipinski definition) is 0. The minimum absolute atomic E-state index is 0.207. The van der Waals surface area contributed by atoms with Gasteiger partial charge in [0.15, 0.2) is 28.9 Å². The number of ketones is 4. The molecule has 0 amide bonds. The molecule has 4 aliphatic rings. The van der Waals surface area contributed by atoms with E-state index in [-0.39, 0.29) is 34.3 Å². The highest BCUT2D eigenvalue weighted by molar-refractivity contribution is 7.35. The van der Waals surface area contributed by atoms with Crippen molar-refractivity contribution in [1.29, 1.82) is 0 Å². The molecule has 228 valence electrons. The number of allylic oxidation sites excluding steroid dienone is 2. The van der Waals surface area contributed by atoms with E-state index < -0.39 is 5.60 Å². The Morgan fingerprint density at radius 1 is 0.574 bits per heavy atom. The molecule has 6 aromatic rings. The van der Waals surface area contributed by atoms with E-state index in [9.17, 15) is 19.2 Å². The Morgan fingerprint density at radius 2 is 1.04 bits per heavy atom. The first-order valence-electron chi connectivity index (χ1n) is 15.5. The summed E-state index contributed by atoms with van der Waals surface area (Å²) in [7, 11) is 0. The number of thiophene rings is 4. The highest BCUT2D eigenvalue weighted by Crippen LogP contribution is 2.62. The van der Waals surface area contributed by atoms with Crippen molar-refractivity contribution in [3.8, 4) is 15.5 Å². The number of fused-ring (bicyclic) bond motifs is 10. The molecule has 0 saturated heterocycles. The zero-order valence-corrected chi connectivity index (χ0v) is 27.9. The van der Waals surface area contributed by atoms with Crippen molar-refractivity contribution >= 4 is 99.4 Å². The lowest BCUT2D eigenvalue weighted by molar-refractivity contribution is 0.0282. The normalized spacial score (nSPS) is 17.8. The number of benzene rings is 2. The molecule has 0 unspecified atom stereocenters. The van der Waals surface area contributed by atoms with Gasteiger partial charge in [-0.05, 0) is 50.0 Å². The van der Waals surface area contributed by atoms with E-state index in [1.165, 1.54) is 21.6 Å². The Balaban J connectivity index is 1.07. The summed E-state index contributed by atoms with van der Waals surface area (Å²) in [6.45, 7) is 0. The molecule has 2 aromatic carbocycles. The molecule has 9 heteroatoms. The van der Waals surface area contributed by atoms with E-state index in [1.807, 2.05) is 0 Å². The molecule has 0 bridgehead atoms. The lowest BCUT2D eigenvalue weighted by Crippen LogP contribution is -2.37. The van der Waals surface area contributed by atoms with Crippen LogP contribution in [0.3, 0.4) is 0 Å². The van der Waals surface area contributed by atoms with Crippen molar-refractivity contribution in [1.82, 2.24) is 0 Å². The van der Waals surface area contributed by atoms with Gasteiger partial charge in [0.05, 0.1) is 35.0 Å². The highest BCUT2D eigenvalue weighted by Gasteiger charge is 2.46. The van der Waals surface area contributed by atoms with Crippen LogP contribution < -0.4 is 4.74 Å². The van der Waals surface area contributed by atoms with Crippen LogP contribution in [0.4, 0.5) is 0 Å². The first kappa shape index (κ1) is 27.8. The van der Waals surface area contributed by atoms with Crippen LogP contribution in [0.5, 0.6) is 5.75 Å². The molecule has 47 heavy (non-hydrogen) atoms. The van der Waals surface area contributed by atoms with Gasteiger partial charge in [-0.25, -0.2) is 0 Å². The summed E-state index contributed by atoms with van der Waals surface area (Å²) in [4.78, 5) is 56.5. The molecule has 1 aliphatic heterocycles. The van der Waals surface area contributed by atoms with Gasteiger partial charge < -0.3 is 4.74 Å². The van der Waals surface area contributed by atoms with E-state index in [2.05, 4.69) is 12.1 Å². The molecule has 1 saturated carbocycles. The summed E-state index contributed by atoms with van der Waals surface area (Å²) in [5.41, 5.74) is 3.15. The summed E-state index contributed by atoms with van der Waals surface area (Å²) in [5, 5.41) is 0. The second kappa shape index (κ2) is 9.87. The monoisotopic (exact) mass is 686 g/mol. The molecule has 1 spiro atoms. The maximum atomic E-state index is 13.1. The number of hydrogen-bond acceptors (Lipinski definition) is 9. The average molecular weight is 687 g/mol. The predicted octanol–water partition coefficient (Wildman–Crippen LogP) is 10.4. The van der Waals surface area contributed by atoms with Gasteiger partial charge in [0.2, 0.25) is 0 Å². The van der Waals surface area contributed by atoms with Gasteiger partial charge in [-0.1, -0.05) is 55.0 Å². The Hall–Kier alpha value is -4.28. The SMILES string of the molecule is O=C1C(=Cc2cc3sc4c(c3s2)OC2(CCCCC2)c2c-4sc3cc(C=C4C(=O)c5ccccc5C4=O)sc23)C(=O)c2ccccc21. The molecule has 5 heterocycles. The molecule has 5 nitrogen and oxygen atoms in total. The number of Topliss-reactive ketones (excluding diaryl/α,β-unsaturated/α-hetero) is 4. The molecular formula is C38H22O5S4. The molecule has 0 N–H and O–H groups in total. The number of carbonyl (C=O) groups excluding carboxylic acids is 4. The van der Waals surface area contributed by atoms with Crippen LogP contribution in [0.25, 0.3) is 40.7 Å². The van der Waals surface area contributed by atoms with E-state index in [1.54, 1.807) is 106 Å². The van der Waals surface area contributed by atoms with Crippen LogP contribution in [0.2, 0.25) is 0 Å². The van der Waals surface area contributed by atoms with Gasteiger partial charge in [-0.2, -0.15) is 0 Å². The third kappa shape index (κ3) is 3.85. The fraction of sp³-hybridized carbons (Fsp3) is 0.158. The number of rotatable bonds is 2. The van der Waals surface area contributed by atoms with E-state index in [4.69, 9.17) is 4.74 Å². The second-order valence-corrected chi connectivity index (χ2v) is 16.7. The molecule has 0 radical (unpaired) electrons. The third-order valence-corrected chi connectivity index (χ3v) is 14.6. The van der Waals surface area contributed by atoms with Crippen LogP contribution in [0.1, 0.15) is 88.9 Å². The van der Waals surface area contributed by atoms with Crippen LogP contribution >= 0.6 is 45.3 Å². The van der Waals surface area contributed by atoms with E-state index >= 15 is 0 Å². The van der Waals surface area contributed by atoms with Gasteiger partial charge in [0.1, 0.15) is 5.60 Å². The molecule has 4 aromatic heterocycles. The maximum absolute atomic E-state index is 13.1. The van der Waals surface area contributed by atoms with Crippen molar-refractivity contribution in [3.63, 3.8) is 0 Å². The van der Waals surface area contributed by atoms with Gasteiger partial charge in [0, 0.05) is 42.3 Å². The molecule has 1 fully saturated rings. The number of ether oxygens (including phenoxy) is 1. The Kier molecular flexibility index (Phi) is 5.84. The van der Waals surface area contributed by atoms with Crippen molar-refractivity contribution in [2.24, 2.45) is 0 Å². The minimum Gasteiger partial charge on any atom is -0.479 e. The molecular weight excluding hydrogens is 665 g/mol. The summed E-state index contributed by atoms with van der Waals surface area (Å²) < 4.78 is 11.6. The molecule has 3 aliphatic carbocycles. The first-order chi connectivity index (χ1) is 22.9. The van der Waals surface area contributed by atoms with Gasteiger partial charge >= 0.3 is 0 Å². The lowest BCUT2D eigenvalue weighted by atomic mass is 9.78. The Bertz CT molecular complexity index is 2430. The van der Waals surface area contributed by atoms with Crippen molar-refractivity contribution in [2.45, 2.75) is 37.7 Å².